The van der Waals surface area contributed by atoms with Gasteiger partial charge in [-0.25, -0.2) is 4.98 Å². The number of aromatic nitrogens is 2. The van der Waals surface area contributed by atoms with Crippen LogP contribution in [-0.2, 0) is 18.4 Å². The quantitative estimate of drug-likeness (QED) is 0.217. The number of carbonyl (C=O) groups excluding carboxylic acids is 2. The van der Waals surface area contributed by atoms with Crippen molar-refractivity contribution < 1.29 is 9.59 Å². The maximum absolute atomic E-state index is 12.8. The van der Waals surface area contributed by atoms with E-state index in [4.69, 9.17) is 11.6 Å². The number of fused-ring (bicyclic) bond motifs is 1. The van der Waals surface area contributed by atoms with E-state index in [9.17, 15) is 14.9 Å². The van der Waals surface area contributed by atoms with Crippen molar-refractivity contribution in [2.45, 2.75) is 32.2 Å². The molecule has 1 saturated carbocycles. The third-order valence-corrected chi connectivity index (χ3v) is 7.94. The summed E-state index contributed by atoms with van der Waals surface area (Å²) in [6.07, 6.45) is 2.99. The molecule has 0 bridgehead atoms. The molecule has 0 atom stereocenters. The minimum Gasteiger partial charge on any atom is -0.351 e. The molecule has 3 N–H and O–H groups in total. The van der Waals surface area contributed by atoms with Crippen molar-refractivity contribution in [3.8, 4) is 6.07 Å². The standard InChI is InChI=1S/C29H26BrClN6O2/c1-37-25-11-5-19(26(38)34-21-8-6-20(30)7-9-21)15-24(25)36-28(37)35-23-14-18(4-10-22(23)31)16-33-27(39)29(17-32)12-2-3-13-29/h4-11,14-15H,2-3,12-13,16H2,1H3,(H,33,39)(H,34,38)(H,35,36). The van der Waals surface area contributed by atoms with Crippen molar-refractivity contribution in [3.63, 3.8) is 0 Å². The van der Waals surface area contributed by atoms with Crippen LogP contribution in [0, 0.1) is 16.7 Å². The molecule has 198 valence electrons. The molecular weight excluding hydrogens is 580 g/mol. The first-order valence-corrected chi connectivity index (χ1v) is 13.7. The summed E-state index contributed by atoms with van der Waals surface area (Å²) >= 11 is 9.87. The van der Waals surface area contributed by atoms with Crippen LogP contribution in [0.15, 0.2) is 65.1 Å². The number of aryl methyl sites for hydroxylation is 1. The van der Waals surface area contributed by atoms with E-state index < -0.39 is 5.41 Å². The molecule has 0 unspecified atom stereocenters. The summed E-state index contributed by atoms with van der Waals surface area (Å²) in [7, 11) is 1.88. The zero-order valence-electron chi connectivity index (χ0n) is 21.2. The Morgan fingerprint density at radius 2 is 1.85 bits per heavy atom. The van der Waals surface area contributed by atoms with Gasteiger partial charge in [-0.2, -0.15) is 5.26 Å². The lowest BCUT2D eigenvalue weighted by Gasteiger charge is -2.19. The number of anilines is 3. The van der Waals surface area contributed by atoms with E-state index in [2.05, 4.69) is 42.9 Å². The fourth-order valence-electron chi connectivity index (χ4n) is 4.81. The van der Waals surface area contributed by atoms with E-state index in [0.29, 0.717) is 46.3 Å². The van der Waals surface area contributed by atoms with Crippen LogP contribution in [0.4, 0.5) is 17.3 Å². The van der Waals surface area contributed by atoms with Crippen molar-refractivity contribution in [1.29, 1.82) is 5.26 Å². The van der Waals surface area contributed by atoms with Gasteiger partial charge in [-0.3, -0.25) is 9.59 Å². The van der Waals surface area contributed by atoms with Crippen molar-refractivity contribution in [2.75, 3.05) is 10.6 Å². The Morgan fingerprint density at radius 1 is 1.10 bits per heavy atom. The average Bonchev–Trinajstić information content (AvgIpc) is 3.55. The van der Waals surface area contributed by atoms with Gasteiger partial charge >= 0.3 is 0 Å². The van der Waals surface area contributed by atoms with Gasteiger partial charge in [0.15, 0.2) is 0 Å². The van der Waals surface area contributed by atoms with Crippen LogP contribution in [0.2, 0.25) is 5.02 Å². The lowest BCUT2D eigenvalue weighted by atomic mass is 9.87. The van der Waals surface area contributed by atoms with E-state index in [0.717, 1.165) is 28.4 Å². The second kappa shape index (κ2) is 11.1. The Morgan fingerprint density at radius 3 is 2.56 bits per heavy atom. The zero-order valence-corrected chi connectivity index (χ0v) is 23.6. The Hall–Kier alpha value is -3.87. The molecule has 10 heteroatoms. The fraction of sp³-hybridized carbons (Fsp3) is 0.241. The van der Waals surface area contributed by atoms with Gasteiger partial charge in [-0.15, -0.1) is 0 Å². The normalized spacial score (nSPS) is 14.1. The Labute approximate surface area is 239 Å². The molecule has 0 aliphatic heterocycles. The Kier molecular flexibility index (Phi) is 7.60. The first kappa shape index (κ1) is 26.7. The highest BCUT2D eigenvalue weighted by Crippen LogP contribution is 2.37. The Bertz CT molecular complexity index is 1600. The number of hydrogen-bond acceptors (Lipinski definition) is 5. The molecule has 1 aliphatic rings. The molecule has 1 fully saturated rings. The molecule has 2 amide bonds. The van der Waals surface area contributed by atoms with Gasteiger partial charge in [0.1, 0.15) is 5.41 Å². The van der Waals surface area contributed by atoms with E-state index >= 15 is 0 Å². The highest BCUT2D eigenvalue weighted by Gasteiger charge is 2.41. The molecule has 0 radical (unpaired) electrons. The van der Waals surface area contributed by atoms with Gasteiger partial charge in [-0.05, 0) is 73.0 Å². The van der Waals surface area contributed by atoms with Crippen LogP contribution in [0.25, 0.3) is 11.0 Å². The first-order valence-electron chi connectivity index (χ1n) is 12.6. The van der Waals surface area contributed by atoms with Gasteiger partial charge < -0.3 is 20.5 Å². The number of hydrogen-bond donors (Lipinski definition) is 3. The van der Waals surface area contributed by atoms with Crippen molar-refractivity contribution in [3.05, 3.63) is 81.3 Å². The average molecular weight is 606 g/mol. The SMILES string of the molecule is Cn1c(Nc2cc(CNC(=O)C3(C#N)CCCC3)ccc2Cl)nc2cc(C(=O)Nc3ccc(Br)cc3)ccc21. The topological polar surface area (TPSA) is 112 Å². The summed E-state index contributed by atoms with van der Waals surface area (Å²) < 4.78 is 2.81. The number of amides is 2. The summed E-state index contributed by atoms with van der Waals surface area (Å²) in [4.78, 5) is 30.2. The van der Waals surface area contributed by atoms with Gasteiger partial charge in [0, 0.05) is 29.3 Å². The number of nitrogens with one attached hydrogen (secondary N) is 3. The fourth-order valence-corrected chi connectivity index (χ4v) is 5.24. The minimum atomic E-state index is -0.922. The minimum absolute atomic E-state index is 0.220. The van der Waals surface area contributed by atoms with E-state index in [-0.39, 0.29) is 18.4 Å². The molecule has 1 aliphatic carbocycles. The molecule has 0 saturated heterocycles. The lowest BCUT2D eigenvalue weighted by Crippen LogP contribution is -2.37. The Balaban J connectivity index is 1.31. The van der Waals surface area contributed by atoms with Gasteiger partial charge in [0.05, 0.1) is 27.8 Å². The maximum Gasteiger partial charge on any atom is 0.255 e. The summed E-state index contributed by atoms with van der Waals surface area (Å²) in [6, 6.07) is 20.4. The van der Waals surface area contributed by atoms with Gasteiger partial charge in [0.2, 0.25) is 11.9 Å². The van der Waals surface area contributed by atoms with E-state index in [1.54, 1.807) is 18.2 Å². The predicted molar refractivity (Wildman–Crippen MR) is 156 cm³/mol. The van der Waals surface area contributed by atoms with Crippen LogP contribution in [-0.4, -0.2) is 21.4 Å². The molecule has 0 spiro atoms. The number of halogens is 2. The largest absolute Gasteiger partial charge is 0.351 e. The van der Waals surface area contributed by atoms with Crippen LogP contribution >= 0.6 is 27.5 Å². The predicted octanol–water partition coefficient (Wildman–Crippen LogP) is 6.69. The molecule has 8 nitrogen and oxygen atoms in total. The molecule has 1 heterocycles. The number of rotatable bonds is 7. The third kappa shape index (κ3) is 5.63. The smallest absolute Gasteiger partial charge is 0.255 e. The molecule has 1 aromatic heterocycles. The van der Waals surface area contributed by atoms with Crippen LogP contribution in [0.5, 0.6) is 0 Å². The van der Waals surface area contributed by atoms with Crippen molar-refractivity contribution >= 4 is 67.7 Å². The monoisotopic (exact) mass is 604 g/mol. The van der Waals surface area contributed by atoms with Crippen LogP contribution in [0.3, 0.4) is 0 Å². The van der Waals surface area contributed by atoms with E-state index in [1.807, 2.05) is 54.1 Å². The van der Waals surface area contributed by atoms with Crippen molar-refractivity contribution in [1.82, 2.24) is 14.9 Å². The summed E-state index contributed by atoms with van der Waals surface area (Å²) in [6.45, 7) is 0.285. The summed E-state index contributed by atoms with van der Waals surface area (Å²) in [5, 5.41) is 19.2. The van der Waals surface area contributed by atoms with E-state index in [1.165, 1.54) is 0 Å². The highest BCUT2D eigenvalue weighted by atomic mass is 79.9. The van der Waals surface area contributed by atoms with Gasteiger partial charge in [0.25, 0.3) is 5.91 Å². The van der Waals surface area contributed by atoms with Crippen molar-refractivity contribution in [2.24, 2.45) is 12.5 Å². The first-order chi connectivity index (χ1) is 18.8. The molecule has 39 heavy (non-hydrogen) atoms. The number of benzene rings is 3. The van der Waals surface area contributed by atoms with Crippen LogP contribution < -0.4 is 16.0 Å². The van der Waals surface area contributed by atoms with Gasteiger partial charge in [-0.1, -0.05) is 46.4 Å². The molecular formula is C29H26BrClN6O2. The number of nitrogens with zero attached hydrogens (tertiary/aromatic N) is 3. The number of nitriles is 1. The molecule has 5 rings (SSSR count). The number of carbonyl (C=O) groups is 2. The molecule has 4 aromatic rings. The third-order valence-electron chi connectivity index (χ3n) is 7.08. The maximum atomic E-state index is 12.8. The second-order valence-electron chi connectivity index (χ2n) is 9.68. The zero-order chi connectivity index (χ0) is 27.6. The lowest BCUT2D eigenvalue weighted by molar-refractivity contribution is -0.128. The summed E-state index contributed by atoms with van der Waals surface area (Å²) in [5.74, 6) is 0.100. The summed E-state index contributed by atoms with van der Waals surface area (Å²) in [5.41, 5.74) is 3.23. The second-order valence-corrected chi connectivity index (χ2v) is 11.0. The highest BCUT2D eigenvalue weighted by molar-refractivity contribution is 9.10. The molecule has 3 aromatic carbocycles. The number of imidazole rings is 1. The van der Waals surface area contributed by atoms with Crippen LogP contribution in [0.1, 0.15) is 41.6 Å².